The van der Waals surface area contributed by atoms with E-state index in [1.54, 1.807) is 12.1 Å². The van der Waals surface area contributed by atoms with Crippen LogP contribution in [-0.2, 0) is 16.1 Å². The summed E-state index contributed by atoms with van der Waals surface area (Å²) in [5.41, 5.74) is -2.52. The van der Waals surface area contributed by atoms with E-state index in [1.165, 1.54) is 23.9 Å². The maximum atomic E-state index is 12.6. The van der Waals surface area contributed by atoms with E-state index in [0.717, 1.165) is 18.7 Å². The minimum atomic E-state index is -4.33. The molecule has 0 bridgehead atoms. The molecule has 1 saturated heterocycles. The van der Waals surface area contributed by atoms with Gasteiger partial charge in [-0.25, -0.2) is 4.79 Å². The van der Waals surface area contributed by atoms with Crippen LogP contribution in [0.25, 0.3) is 0 Å². The molecule has 0 saturated carbocycles. The lowest BCUT2D eigenvalue weighted by Crippen LogP contribution is -2.52. The van der Waals surface area contributed by atoms with Crippen molar-refractivity contribution in [2.75, 3.05) is 32.1 Å². The summed E-state index contributed by atoms with van der Waals surface area (Å²) < 4.78 is 43.4. The molecule has 2 heterocycles. The first-order chi connectivity index (χ1) is 14.7. The highest BCUT2D eigenvalue weighted by Crippen LogP contribution is 2.39. The fourth-order valence-electron chi connectivity index (χ4n) is 3.68. The van der Waals surface area contributed by atoms with Crippen LogP contribution in [0.15, 0.2) is 51.4 Å². The Morgan fingerprint density at radius 2 is 1.87 bits per heavy atom. The number of carboxylic acids is 1. The summed E-state index contributed by atoms with van der Waals surface area (Å²) in [4.78, 5) is 16.4. The normalized spacial score (nSPS) is 20.7. The molecule has 0 aromatic heterocycles. The molecule has 31 heavy (non-hydrogen) atoms. The molecule has 2 aliphatic heterocycles. The Bertz CT molecular complexity index is 850. The molecule has 0 amide bonds. The van der Waals surface area contributed by atoms with E-state index in [0.29, 0.717) is 36.1 Å². The zero-order chi connectivity index (χ0) is 22.6. The van der Waals surface area contributed by atoms with E-state index in [-0.39, 0.29) is 28.4 Å². The van der Waals surface area contributed by atoms with Crippen molar-refractivity contribution in [1.82, 2.24) is 9.80 Å². The highest BCUT2D eigenvalue weighted by molar-refractivity contribution is 8.03. The molecule has 1 unspecified atom stereocenters. The number of hydrogen-bond donors (Lipinski definition) is 1. The average molecular weight is 475 g/mol. The number of benzene rings is 1. The number of thioether (sulfide) groups is 2. The molecular formula is C21H25F3N2O3S2. The number of morpholine rings is 1. The van der Waals surface area contributed by atoms with Gasteiger partial charge in [-0.1, -0.05) is 19.1 Å². The van der Waals surface area contributed by atoms with Crippen molar-refractivity contribution in [3.8, 4) is 0 Å². The Morgan fingerprint density at radius 1 is 1.23 bits per heavy atom. The van der Waals surface area contributed by atoms with Gasteiger partial charge in [0.1, 0.15) is 6.17 Å². The molecule has 1 aromatic rings. The number of carbonyl (C=O) groups is 1. The van der Waals surface area contributed by atoms with Gasteiger partial charge < -0.3 is 14.7 Å². The number of nitrogens with zero attached hydrogens (tertiary/aromatic N) is 2. The fourth-order valence-corrected chi connectivity index (χ4v) is 5.23. The third-order valence-electron chi connectivity index (χ3n) is 5.01. The van der Waals surface area contributed by atoms with Crippen LogP contribution in [0.1, 0.15) is 19.4 Å². The van der Waals surface area contributed by atoms with Crippen LogP contribution in [0.3, 0.4) is 0 Å². The molecule has 0 spiro atoms. The largest absolute Gasteiger partial charge is 0.478 e. The lowest BCUT2D eigenvalue weighted by atomic mass is 10.0. The smallest absolute Gasteiger partial charge is 0.446 e. The zero-order valence-electron chi connectivity index (χ0n) is 17.3. The first-order valence-corrected chi connectivity index (χ1v) is 11.7. The van der Waals surface area contributed by atoms with Gasteiger partial charge in [0, 0.05) is 24.5 Å². The standard InChI is InChI=1S/C21H25F3N2O3S2/c1-3-30-19-18(20(27)28)14(2)12-17(25-8-10-29-11-9-25)26(19)13-15-4-6-16(7-5-15)31-21(22,23)24/h4-7,12,17H,3,8-11,13H2,1-2H3,(H,27,28). The fraction of sp³-hybridized carbons (Fsp3) is 0.476. The Kier molecular flexibility index (Phi) is 8.01. The topological polar surface area (TPSA) is 53.0 Å². The van der Waals surface area contributed by atoms with Gasteiger partial charge in [0.15, 0.2) is 0 Å². The summed E-state index contributed by atoms with van der Waals surface area (Å²) in [7, 11) is 0. The van der Waals surface area contributed by atoms with Crippen molar-refractivity contribution in [1.29, 1.82) is 0 Å². The van der Waals surface area contributed by atoms with Crippen LogP contribution in [0.4, 0.5) is 13.2 Å². The Hall–Kier alpha value is -1.62. The van der Waals surface area contributed by atoms with Gasteiger partial charge in [-0.2, -0.15) is 13.2 Å². The van der Waals surface area contributed by atoms with Crippen LogP contribution in [0.5, 0.6) is 0 Å². The van der Waals surface area contributed by atoms with E-state index in [2.05, 4.69) is 4.90 Å². The molecule has 0 aliphatic carbocycles. The minimum Gasteiger partial charge on any atom is -0.478 e. The Morgan fingerprint density at radius 3 is 2.42 bits per heavy atom. The van der Waals surface area contributed by atoms with Crippen LogP contribution < -0.4 is 0 Å². The minimum absolute atomic E-state index is 0.125. The quantitative estimate of drug-likeness (QED) is 0.572. The zero-order valence-corrected chi connectivity index (χ0v) is 18.9. The molecule has 1 N–H and O–H groups in total. The van der Waals surface area contributed by atoms with Gasteiger partial charge in [-0.3, -0.25) is 4.90 Å². The molecule has 10 heteroatoms. The molecule has 1 aromatic carbocycles. The lowest BCUT2D eigenvalue weighted by Gasteiger charge is -2.44. The van der Waals surface area contributed by atoms with Crippen LogP contribution in [-0.4, -0.2) is 64.6 Å². The predicted octanol–water partition coefficient (Wildman–Crippen LogP) is 4.77. The highest BCUT2D eigenvalue weighted by Gasteiger charge is 2.35. The maximum absolute atomic E-state index is 12.6. The number of alkyl halides is 3. The van der Waals surface area contributed by atoms with Crippen molar-refractivity contribution in [3.05, 3.63) is 52.1 Å². The number of halogens is 3. The molecule has 2 aliphatic rings. The van der Waals surface area contributed by atoms with Crippen LogP contribution >= 0.6 is 23.5 Å². The van der Waals surface area contributed by atoms with Gasteiger partial charge in [-0.15, -0.1) is 11.8 Å². The van der Waals surface area contributed by atoms with Gasteiger partial charge >= 0.3 is 11.5 Å². The van der Waals surface area contributed by atoms with Gasteiger partial charge in [-0.05, 0) is 53.8 Å². The molecule has 0 radical (unpaired) electrons. The van der Waals surface area contributed by atoms with Gasteiger partial charge in [0.2, 0.25) is 0 Å². The first kappa shape index (κ1) is 24.0. The summed E-state index contributed by atoms with van der Waals surface area (Å²) in [5.74, 6) is -0.278. The number of ether oxygens (including phenoxy) is 1. The number of rotatable bonds is 7. The highest BCUT2D eigenvalue weighted by atomic mass is 32.2. The van der Waals surface area contributed by atoms with Crippen LogP contribution in [0, 0.1) is 0 Å². The number of carboxylic acid groups (broad SMARTS) is 1. The van der Waals surface area contributed by atoms with E-state index >= 15 is 0 Å². The second kappa shape index (κ2) is 10.3. The third kappa shape index (κ3) is 6.21. The van der Waals surface area contributed by atoms with Crippen molar-refractivity contribution in [2.45, 2.75) is 37.0 Å². The van der Waals surface area contributed by atoms with Crippen molar-refractivity contribution >= 4 is 29.5 Å². The molecular weight excluding hydrogens is 449 g/mol. The van der Waals surface area contributed by atoms with Gasteiger partial charge in [0.25, 0.3) is 0 Å². The second-order valence-corrected chi connectivity index (χ2v) is 9.54. The van der Waals surface area contributed by atoms with E-state index in [4.69, 9.17) is 4.74 Å². The summed E-state index contributed by atoms with van der Waals surface area (Å²) in [6.45, 7) is 6.82. The predicted molar refractivity (Wildman–Crippen MR) is 117 cm³/mol. The molecule has 5 nitrogen and oxygen atoms in total. The number of aliphatic carboxylic acids is 1. The van der Waals surface area contributed by atoms with E-state index in [9.17, 15) is 23.1 Å². The Labute approximate surface area is 188 Å². The monoisotopic (exact) mass is 474 g/mol. The molecule has 1 fully saturated rings. The van der Waals surface area contributed by atoms with Crippen LogP contribution in [0.2, 0.25) is 0 Å². The van der Waals surface area contributed by atoms with Gasteiger partial charge in [0.05, 0.1) is 23.8 Å². The average Bonchev–Trinajstić information content (AvgIpc) is 2.70. The van der Waals surface area contributed by atoms with Crippen molar-refractivity contribution < 1.29 is 27.8 Å². The van der Waals surface area contributed by atoms with E-state index in [1.807, 2.05) is 24.8 Å². The Balaban J connectivity index is 1.93. The summed E-state index contributed by atoms with van der Waals surface area (Å²) >= 11 is 1.33. The third-order valence-corrected chi connectivity index (χ3v) is 6.75. The van der Waals surface area contributed by atoms with E-state index < -0.39 is 11.5 Å². The molecule has 3 rings (SSSR count). The SMILES string of the molecule is CCSC1=C(C(=O)O)C(C)=CC(N2CCOCC2)N1Cc1ccc(SC(F)(F)F)cc1. The van der Waals surface area contributed by atoms with Crippen molar-refractivity contribution in [2.24, 2.45) is 0 Å². The number of hydrogen-bond acceptors (Lipinski definition) is 6. The summed E-state index contributed by atoms with van der Waals surface area (Å²) in [6.07, 6.45) is 1.81. The summed E-state index contributed by atoms with van der Waals surface area (Å²) in [5, 5.41) is 10.5. The van der Waals surface area contributed by atoms with Crippen molar-refractivity contribution in [3.63, 3.8) is 0 Å². The lowest BCUT2D eigenvalue weighted by molar-refractivity contribution is -0.132. The first-order valence-electron chi connectivity index (χ1n) is 9.92. The molecule has 1 atom stereocenters. The second-order valence-electron chi connectivity index (χ2n) is 7.15. The summed E-state index contributed by atoms with van der Waals surface area (Å²) in [6, 6.07) is 6.25. The maximum Gasteiger partial charge on any atom is 0.446 e. The molecule has 170 valence electrons.